The summed E-state index contributed by atoms with van der Waals surface area (Å²) < 4.78 is 22.8. The fraction of sp³-hybridized carbons (Fsp3) is 0.800. The maximum atomic E-state index is 11.6. The number of hydrogen-bond acceptors (Lipinski definition) is 4. The van der Waals surface area contributed by atoms with Crippen LogP contribution in [0.5, 0.6) is 0 Å². The molecule has 0 aromatic rings. The van der Waals surface area contributed by atoms with Crippen LogP contribution < -0.4 is 5.32 Å². The maximum Gasteiger partial charge on any atom is 0.243 e. The van der Waals surface area contributed by atoms with E-state index in [-0.39, 0.29) is 36.4 Å². The van der Waals surface area contributed by atoms with E-state index in [9.17, 15) is 18.0 Å². The Morgan fingerprint density at radius 2 is 2.00 bits per heavy atom. The van der Waals surface area contributed by atoms with Crippen molar-refractivity contribution < 1.29 is 18.0 Å². The molecule has 1 N–H and O–H groups in total. The Morgan fingerprint density at radius 1 is 1.35 bits per heavy atom. The van der Waals surface area contributed by atoms with Crippen molar-refractivity contribution in [2.24, 2.45) is 0 Å². The topological polar surface area (TPSA) is 83.6 Å². The molecule has 7 heteroatoms. The van der Waals surface area contributed by atoms with Gasteiger partial charge in [0.05, 0.1) is 12.3 Å². The standard InChI is InChI=1S/C10H18N2O4S/c1-3-8-10(14)11-7-9(13)12(8)5-6-17(15,16)4-2/h8H,3-7H2,1-2H3,(H,11,14). The van der Waals surface area contributed by atoms with Crippen LogP contribution in [0.1, 0.15) is 20.3 Å². The molecule has 1 aliphatic rings. The molecule has 1 rings (SSSR count). The van der Waals surface area contributed by atoms with Crippen LogP contribution in [0.3, 0.4) is 0 Å². The summed E-state index contributed by atoms with van der Waals surface area (Å²) in [7, 11) is -3.12. The SMILES string of the molecule is CCC1C(=O)NCC(=O)N1CCS(=O)(=O)CC. The Balaban J connectivity index is 2.72. The summed E-state index contributed by atoms with van der Waals surface area (Å²) in [5, 5.41) is 2.49. The molecule has 1 heterocycles. The molecule has 0 aromatic heterocycles. The lowest BCUT2D eigenvalue weighted by Crippen LogP contribution is -2.58. The molecule has 1 unspecified atom stereocenters. The molecular formula is C10H18N2O4S. The monoisotopic (exact) mass is 262 g/mol. The Hall–Kier alpha value is -1.11. The summed E-state index contributed by atoms with van der Waals surface area (Å²) in [6.45, 7) is 3.42. The number of nitrogens with zero attached hydrogens (tertiary/aromatic N) is 1. The lowest BCUT2D eigenvalue weighted by molar-refractivity contribution is -0.145. The summed E-state index contributed by atoms with van der Waals surface area (Å²) in [5.74, 6) is -0.458. The minimum absolute atomic E-state index is 0.0402. The highest BCUT2D eigenvalue weighted by Gasteiger charge is 2.33. The van der Waals surface area contributed by atoms with Crippen molar-refractivity contribution in [1.82, 2.24) is 10.2 Å². The van der Waals surface area contributed by atoms with Crippen LogP contribution in [0.25, 0.3) is 0 Å². The lowest BCUT2D eigenvalue weighted by atomic mass is 10.1. The third kappa shape index (κ3) is 3.42. The van der Waals surface area contributed by atoms with Gasteiger partial charge < -0.3 is 10.2 Å². The van der Waals surface area contributed by atoms with Crippen LogP contribution in [-0.2, 0) is 19.4 Å². The smallest absolute Gasteiger partial charge is 0.243 e. The second kappa shape index (κ2) is 5.48. The van der Waals surface area contributed by atoms with Crippen molar-refractivity contribution in [3.8, 4) is 0 Å². The summed E-state index contributed by atoms with van der Waals surface area (Å²) in [6.07, 6.45) is 0.490. The number of carbonyl (C=O) groups is 2. The van der Waals surface area contributed by atoms with Gasteiger partial charge in [0.2, 0.25) is 11.8 Å². The maximum absolute atomic E-state index is 11.6. The largest absolute Gasteiger partial charge is 0.345 e. The minimum atomic E-state index is -3.12. The third-order valence-electron chi connectivity index (χ3n) is 2.88. The van der Waals surface area contributed by atoms with Crippen molar-refractivity contribution in [1.29, 1.82) is 0 Å². The molecule has 1 fully saturated rings. The van der Waals surface area contributed by atoms with E-state index in [0.29, 0.717) is 6.42 Å². The van der Waals surface area contributed by atoms with Crippen molar-refractivity contribution in [3.63, 3.8) is 0 Å². The van der Waals surface area contributed by atoms with E-state index in [1.165, 1.54) is 4.90 Å². The van der Waals surface area contributed by atoms with Crippen LogP contribution in [-0.4, -0.2) is 55.8 Å². The molecule has 0 aromatic carbocycles. The highest BCUT2D eigenvalue weighted by Crippen LogP contribution is 2.09. The van der Waals surface area contributed by atoms with E-state index in [1.807, 2.05) is 0 Å². The predicted molar refractivity (Wildman–Crippen MR) is 63.1 cm³/mol. The van der Waals surface area contributed by atoms with Gasteiger partial charge in [-0.2, -0.15) is 0 Å². The fourth-order valence-electron chi connectivity index (χ4n) is 1.77. The quantitative estimate of drug-likeness (QED) is 0.700. The Kier molecular flexibility index (Phi) is 4.50. The van der Waals surface area contributed by atoms with Crippen LogP contribution in [0.15, 0.2) is 0 Å². The van der Waals surface area contributed by atoms with Crippen LogP contribution >= 0.6 is 0 Å². The summed E-state index contributed by atoms with van der Waals surface area (Å²) in [6, 6.07) is -0.539. The first kappa shape index (κ1) is 14.0. The molecule has 6 nitrogen and oxygen atoms in total. The number of sulfone groups is 1. The number of nitrogens with one attached hydrogen (secondary N) is 1. The number of piperazine rings is 1. The zero-order chi connectivity index (χ0) is 13.1. The molecule has 0 bridgehead atoms. The first-order valence-electron chi connectivity index (χ1n) is 5.69. The van der Waals surface area contributed by atoms with E-state index in [0.717, 1.165) is 0 Å². The third-order valence-corrected chi connectivity index (χ3v) is 4.57. The Bertz CT molecular complexity index is 405. The van der Waals surface area contributed by atoms with Crippen LogP contribution in [0.4, 0.5) is 0 Å². The Morgan fingerprint density at radius 3 is 2.53 bits per heavy atom. The first-order chi connectivity index (χ1) is 7.91. The minimum Gasteiger partial charge on any atom is -0.345 e. The van der Waals surface area contributed by atoms with Gasteiger partial charge in [0.15, 0.2) is 9.84 Å². The highest BCUT2D eigenvalue weighted by molar-refractivity contribution is 7.91. The van der Waals surface area contributed by atoms with Gasteiger partial charge in [0.25, 0.3) is 0 Å². The van der Waals surface area contributed by atoms with E-state index in [1.54, 1.807) is 13.8 Å². The zero-order valence-corrected chi connectivity index (χ0v) is 10.9. The van der Waals surface area contributed by atoms with Gasteiger partial charge in [-0.1, -0.05) is 13.8 Å². The van der Waals surface area contributed by atoms with E-state index in [2.05, 4.69) is 5.32 Å². The molecule has 0 saturated carbocycles. The van der Waals surface area contributed by atoms with E-state index in [4.69, 9.17) is 0 Å². The number of carbonyl (C=O) groups excluding carboxylic acids is 2. The number of amides is 2. The first-order valence-corrected chi connectivity index (χ1v) is 7.51. The molecular weight excluding hydrogens is 244 g/mol. The van der Waals surface area contributed by atoms with Gasteiger partial charge in [0, 0.05) is 12.3 Å². The zero-order valence-electron chi connectivity index (χ0n) is 10.1. The molecule has 1 saturated heterocycles. The van der Waals surface area contributed by atoms with E-state index >= 15 is 0 Å². The van der Waals surface area contributed by atoms with Crippen LogP contribution in [0.2, 0.25) is 0 Å². The van der Waals surface area contributed by atoms with E-state index < -0.39 is 15.9 Å². The van der Waals surface area contributed by atoms with Crippen molar-refractivity contribution in [3.05, 3.63) is 0 Å². The molecule has 98 valence electrons. The summed E-state index contributed by atoms with van der Waals surface area (Å²) in [5.41, 5.74) is 0. The van der Waals surface area contributed by atoms with Crippen molar-refractivity contribution >= 4 is 21.7 Å². The number of hydrogen-bond donors (Lipinski definition) is 1. The highest BCUT2D eigenvalue weighted by atomic mass is 32.2. The van der Waals surface area contributed by atoms with Gasteiger partial charge in [0.1, 0.15) is 6.04 Å². The lowest BCUT2D eigenvalue weighted by Gasteiger charge is -2.34. The normalized spacial score (nSPS) is 21.5. The average molecular weight is 262 g/mol. The molecule has 1 atom stereocenters. The Labute approximate surface area is 101 Å². The molecule has 1 aliphatic heterocycles. The van der Waals surface area contributed by atoms with Gasteiger partial charge in [-0.25, -0.2) is 8.42 Å². The van der Waals surface area contributed by atoms with Gasteiger partial charge in [-0.3, -0.25) is 9.59 Å². The van der Waals surface area contributed by atoms with Gasteiger partial charge in [-0.05, 0) is 6.42 Å². The number of rotatable bonds is 5. The molecule has 0 aliphatic carbocycles. The summed E-state index contributed by atoms with van der Waals surface area (Å²) >= 11 is 0. The fourth-order valence-corrected chi connectivity index (χ4v) is 2.53. The van der Waals surface area contributed by atoms with Crippen molar-refractivity contribution in [2.75, 3.05) is 24.6 Å². The second-order valence-corrected chi connectivity index (χ2v) is 6.44. The molecule has 2 amide bonds. The molecule has 17 heavy (non-hydrogen) atoms. The van der Waals surface area contributed by atoms with Crippen LogP contribution in [0, 0.1) is 0 Å². The second-order valence-electron chi connectivity index (χ2n) is 3.97. The van der Waals surface area contributed by atoms with Gasteiger partial charge >= 0.3 is 0 Å². The predicted octanol–water partition coefficient (Wildman–Crippen LogP) is -0.842. The van der Waals surface area contributed by atoms with Crippen molar-refractivity contribution in [2.45, 2.75) is 26.3 Å². The van der Waals surface area contributed by atoms with Gasteiger partial charge in [-0.15, -0.1) is 0 Å². The summed E-state index contributed by atoms with van der Waals surface area (Å²) in [4.78, 5) is 24.5. The molecule has 0 radical (unpaired) electrons. The molecule has 0 spiro atoms. The average Bonchev–Trinajstić information content (AvgIpc) is 2.30.